The summed E-state index contributed by atoms with van der Waals surface area (Å²) in [4.78, 5) is 42.5. The largest absolute Gasteiger partial charge is 0.391 e. The van der Waals surface area contributed by atoms with Crippen LogP contribution in [0.2, 0.25) is 0 Å². The van der Waals surface area contributed by atoms with Crippen molar-refractivity contribution in [3.05, 3.63) is 35.4 Å². The van der Waals surface area contributed by atoms with Crippen LogP contribution in [0.4, 0.5) is 0 Å². The normalized spacial score (nSPS) is 12.7. The van der Waals surface area contributed by atoms with Crippen LogP contribution in [0.15, 0.2) is 29.4 Å². The van der Waals surface area contributed by atoms with Crippen LogP contribution in [0.25, 0.3) is 0 Å². The minimum Gasteiger partial charge on any atom is -0.391 e. The first-order chi connectivity index (χ1) is 22.8. The van der Waals surface area contributed by atoms with Gasteiger partial charge in [0.15, 0.2) is 0 Å². The lowest BCUT2D eigenvalue weighted by Gasteiger charge is -2.21. The molecule has 12 nitrogen and oxygen atoms in total. The van der Waals surface area contributed by atoms with E-state index in [4.69, 9.17) is 29.5 Å². The minimum absolute atomic E-state index is 0.127. The molecule has 0 aliphatic rings. The van der Waals surface area contributed by atoms with E-state index in [-0.39, 0.29) is 24.3 Å². The van der Waals surface area contributed by atoms with Gasteiger partial charge in [0.1, 0.15) is 12.6 Å². The van der Waals surface area contributed by atoms with Gasteiger partial charge in [0, 0.05) is 37.5 Å². The second kappa shape index (κ2) is 28.0. The molecule has 0 aromatic heterocycles. The first-order valence-corrected chi connectivity index (χ1v) is 17.2. The molecule has 2 atom stereocenters. The Hall–Kier alpha value is -3.06. The molecule has 12 heteroatoms. The minimum atomic E-state index is -0.713. The Balaban J connectivity index is 2.16. The van der Waals surface area contributed by atoms with Crippen molar-refractivity contribution < 1.29 is 38.2 Å². The molecule has 0 radical (unpaired) electrons. The molecular weight excluding hydrogens is 604 g/mol. The highest BCUT2D eigenvalue weighted by atomic mass is 16.6. The quantitative estimate of drug-likeness (QED) is 0.0621. The Labute approximate surface area is 281 Å². The number of carbonyl (C=O) groups is 3. The standard InChI is InChI=1S/C35H60N4O8/c1-5-17-43-19-21-45-23-24-46-22-20-44-18-10-9-16-38-47-27-29-12-11-13-31(26-29)34(41)37-15-8-7-14-32(33(36)40)39-35(42)30(6-2)25-28(3)4/h11-13,16,26,28,30,32H,5-10,14-15,17-25,27H2,1-4H3,(H2,36,40)(H,37,41)(H,39,42)/b38-16-/t30-,32-/m0/s1. The number of hydrogen-bond donors (Lipinski definition) is 3. The van der Waals surface area contributed by atoms with Crippen LogP contribution in [0.3, 0.4) is 0 Å². The Morgan fingerprint density at radius 2 is 1.55 bits per heavy atom. The highest BCUT2D eigenvalue weighted by molar-refractivity contribution is 5.94. The third-order valence-corrected chi connectivity index (χ3v) is 7.14. The first kappa shape index (κ1) is 42.0. The van der Waals surface area contributed by atoms with Gasteiger partial charge in [0.05, 0.1) is 39.6 Å². The van der Waals surface area contributed by atoms with Crippen molar-refractivity contribution >= 4 is 23.9 Å². The first-order valence-electron chi connectivity index (χ1n) is 17.2. The Morgan fingerprint density at radius 3 is 2.17 bits per heavy atom. The number of unbranched alkanes of at least 4 members (excludes halogenated alkanes) is 2. The lowest BCUT2D eigenvalue weighted by molar-refractivity contribution is -0.130. The number of hydrogen-bond acceptors (Lipinski definition) is 9. The zero-order chi connectivity index (χ0) is 34.5. The van der Waals surface area contributed by atoms with E-state index in [1.807, 2.05) is 13.0 Å². The summed E-state index contributed by atoms with van der Waals surface area (Å²) in [5.41, 5.74) is 6.89. The molecule has 3 amide bonds. The molecule has 1 aromatic carbocycles. The summed E-state index contributed by atoms with van der Waals surface area (Å²) in [6.45, 7) is 13.6. The van der Waals surface area contributed by atoms with E-state index in [0.29, 0.717) is 90.0 Å². The number of nitrogens with two attached hydrogens (primary N) is 1. The van der Waals surface area contributed by atoms with E-state index < -0.39 is 11.9 Å². The van der Waals surface area contributed by atoms with Gasteiger partial charge in [-0.25, -0.2) is 0 Å². The van der Waals surface area contributed by atoms with Crippen LogP contribution < -0.4 is 16.4 Å². The fraction of sp³-hybridized carbons (Fsp3) is 0.714. The summed E-state index contributed by atoms with van der Waals surface area (Å²) >= 11 is 0. The number of primary amides is 1. The molecule has 0 aliphatic heterocycles. The van der Waals surface area contributed by atoms with Gasteiger partial charge in [-0.2, -0.15) is 0 Å². The summed E-state index contributed by atoms with van der Waals surface area (Å²) in [5.74, 6) is -0.610. The molecule has 0 unspecified atom stereocenters. The van der Waals surface area contributed by atoms with E-state index in [9.17, 15) is 14.4 Å². The number of carbonyl (C=O) groups excluding carboxylic acids is 3. The van der Waals surface area contributed by atoms with E-state index in [2.05, 4.69) is 36.6 Å². The van der Waals surface area contributed by atoms with E-state index in [1.165, 1.54) is 0 Å². The molecule has 47 heavy (non-hydrogen) atoms. The van der Waals surface area contributed by atoms with Crippen molar-refractivity contribution in [3.63, 3.8) is 0 Å². The van der Waals surface area contributed by atoms with Crippen LogP contribution in [-0.2, 0) is 40.0 Å². The van der Waals surface area contributed by atoms with Crippen molar-refractivity contribution in [2.75, 3.05) is 59.4 Å². The van der Waals surface area contributed by atoms with Crippen LogP contribution in [-0.4, -0.2) is 89.4 Å². The average molecular weight is 665 g/mol. The molecule has 0 heterocycles. The molecule has 1 rings (SSSR count). The van der Waals surface area contributed by atoms with Gasteiger partial charge in [0.2, 0.25) is 11.8 Å². The van der Waals surface area contributed by atoms with Gasteiger partial charge in [-0.15, -0.1) is 0 Å². The van der Waals surface area contributed by atoms with Crippen LogP contribution >= 0.6 is 0 Å². The molecular formula is C35H60N4O8. The third-order valence-electron chi connectivity index (χ3n) is 7.14. The molecule has 1 aromatic rings. The fourth-order valence-electron chi connectivity index (χ4n) is 4.58. The van der Waals surface area contributed by atoms with Crippen molar-refractivity contribution in [1.82, 2.24) is 10.6 Å². The van der Waals surface area contributed by atoms with E-state index >= 15 is 0 Å². The molecule has 0 saturated carbocycles. The maximum absolute atomic E-state index is 12.6. The Kier molecular flexibility index (Phi) is 25.0. The number of rotatable bonds is 30. The summed E-state index contributed by atoms with van der Waals surface area (Å²) in [5, 5.41) is 9.72. The maximum Gasteiger partial charge on any atom is 0.251 e. The number of benzene rings is 1. The monoisotopic (exact) mass is 664 g/mol. The van der Waals surface area contributed by atoms with Crippen LogP contribution in [0.5, 0.6) is 0 Å². The van der Waals surface area contributed by atoms with Gasteiger partial charge < -0.3 is 40.2 Å². The summed E-state index contributed by atoms with van der Waals surface area (Å²) in [6.07, 6.45) is 7.45. The highest BCUT2D eigenvalue weighted by Gasteiger charge is 2.23. The predicted octanol–water partition coefficient (Wildman–Crippen LogP) is 4.39. The Bertz CT molecular complexity index is 1010. The molecule has 0 saturated heterocycles. The van der Waals surface area contributed by atoms with Gasteiger partial charge in [-0.05, 0) is 75.0 Å². The zero-order valence-electron chi connectivity index (χ0n) is 29.1. The second-order valence-electron chi connectivity index (χ2n) is 11.8. The highest BCUT2D eigenvalue weighted by Crippen LogP contribution is 2.16. The molecule has 0 bridgehead atoms. The van der Waals surface area contributed by atoms with Crippen molar-refractivity contribution in [2.24, 2.45) is 22.7 Å². The van der Waals surface area contributed by atoms with Gasteiger partial charge >= 0.3 is 0 Å². The van der Waals surface area contributed by atoms with Crippen molar-refractivity contribution in [3.8, 4) is 0 Å². The van der Waals surface area contributed by atoms with Crippen LogP contribution in [0, 0.1) is 11.8 Å². The molecule has 268 valence electrons. The zero-order valence-corrected chi connectivity index (χ0v) is 29.1. The molecule has 0 fully saturated rings. The lowest BCUT2D eigenvalue weighted by Crippen LogP contribution is -2.46. The van der Waals surface area contributed by atoms with Crippen LogP contribution in [0.1, 0.15) is 95.0 Å². The molecule has 0 aliphatic carbocycles. The summed E-state index contributed by atoms with van der Waals surface area (Å²) in [6, 6.07) is 6.48. The average Bonchev–Trinajstić information content (AvgIpc) is 3.05. The van der Waals surface area contributed by atoms with Crippen molar-refractivity contribution in [1.29, 1.82) is 0 Å². The maximum atomic E-state index is 12.6. The Morgan fingerprint density at radius 1 is 0.894 bits per heavy atom. The van der Waals surface area contributed by atoms with Gasteiger partial charge in [-0.1, -0.05) is 45.0 Å². The van der Waals surface area contributed by atoms with E-state index in [1.54, 1.807) is 24.4 Å². The number of ether oxygens (including phenoxy) is 4. The topological polar surface area (TPSA) is 160 Å². The second-order valence-corrected chi connectivity index (χ2v) is 11.8. The summed E-state index contributed by atoms with van der Waals surface area (Å²) < 4.78 is 21.8. The number of nitrogens with one attached hydrogen (secondary N) is 2. The van der Waals surface area contributed by atoms with Crippen molar-refractivity contribution in [2.45, 2.75) is 91.7 Å². The van der Waals surface area contributed by atoms with Gasteiger partial charge in [0.25, 0.3) is 5.91 Å². The third kappa shape index (κ3) is 22.2. The fourth-order valence-corrected chi connectivity index (χ4v) is 4.58. The van der Waals surface area contributed by atoms with Gasteiger partial charge in [-0.3, -0.25) is 14.4 Å². The molecule has 0 spiro atoms. The molecule has 4 N–H and O–H groups in total. The number of nitrogens with zero attached hydrogens (tertiary/aromatic N) is 1. The van der Waals surface area contributed by atoms with E-state index in [0.717, 1.165) is 37.9 Å². The lowest BCUT2D eigenvalue weighted by atomic mass is 9.93. The summed E-state index contributed by atoms with van der Waals surface area (Å²) in [7, 11) is 0. The smallest absolute Gasteiger partial charge is 0.251 e. The SMILES string of the molecule is CCCOCCOCCOCCOCCC/C=N\OCc1cccc(C(=O)NCCCC[C@H](NC(=O)[C@@H](CC)CC(C)C)C(N)=O)c1. The number of oxime groups is 1. The number of amides is 3. The predicted molar refractivity (Wildman–Crippen MR) is 183 cm³/mol.